The highest BCUT2D eigenvalue weighted by molar-refractivity contribution is 9.11. The summed E-state index contributed by atoms with van der Waals surface area (Å²) < 4.78 is 4.36. The average Bonchev–Trinajstić information content (AvgIpc) is 2.78. The number of halogens is 2. The van der Waals surface area contributed by atoms with Crippen LogP contribution in [-0.2, 0) is 13.0 Å². The van der Waals surface area contributed by atoms with Gasteiger partial charge in [-0.2, -0.15) is 0 Å². The van der Waals surface area contributed by atoms with Crippen molar-refractivity contribution in [3.8, 4) is 0 Å². The van der Waals surface area contributed by atoms with Gasteiger partial charge in [-0.25, -0.2) is 4.57 Å². The molecule has 3 rings (SSSR count). The minimum atomic E-state index is 0.958. The highest BCUT2D eigenvalue weighted by Gasteiger charge is 2.08. The molecule has 0 aliphatic heterocycles. The number of nitrogens with one attached hydrogen (secondary N) is 1. The molecular formula is C15H13Br2N2+. The van der Waals surface area contributed by atoms with Crippen LogP contribution >= 0.6 is 31.9 Å². The first-order valence-electron chi connectivity index (χ1n) is 6.12. The van der Waals surface area contributed by atoms with Gasteiger partial charge in [-0.1, -0.05) is 18.2 Å². The summed E-state index contributed by atoms with van der Waals surface area (Å²) in [5.74, 6) is 0. The predicted octanol–water partition coefficient (Wildman–Crippen LogP) is 4.22. The van der Waals surface area contributed by atoms with Gasteiger partial charge in [-0.15, -0.1) is 0 Å². The second kappa shape index (κ2) is 5.47. The zero-order chi connectivity index (χ0) is 13.2. The van der Waals surface area contributed by atoms with E-state index in [1.165, 1.54) is 16.5 Å². The Balaban J connectivity index is 1.82. The van der Waals surface area contributed by atoms with Crippen LogP contribution in [0.5, 0.6) is 0 Å². The number of pyridine rings is 1. The van der Waals surface area contributed by atoms with E-state index in [1.54, 1.807) is 0 Å². The summed E-state index contributed by atoms with van der Waals surface area (Å²) in [6, 6.07) is 10.5. The molecule has 0 fully saturated rings. The summed E-state index contributed by atoms with van der Waals surface area (Å²) in [6.45, 7) is 0.958. The van der Waals surface area contributed by atoms with E-state index in [9.17, 15) is 0 Å². The van der Waals surface area contributed by atoms with Gasteiger partial charge in [0.05, 0.1) is 8.95 Å². The lowest BCUT2D eigenvalue weighted by Crippen LogP contribution is -2.34. The Kier molecular flexibility index (Phi) is 3.71. The first-order valence-corrected chi connectivity index (χ1v) is 7.71. The van der Waals surface area contributed by atoms with Gasteiger partial charge in [0.1, 0.15) is 0 Å². The average molecular weight is 381 g/mol. The lowest BCUT2D eigenvalue weighted by atomic mass is 10.1. The minimum Gasteiger partial charge on any atom is -0.361 e. The SMILES string of the molecule is Brc1cc(Br)c[n+](CCc2c[nH]c3ccccc23)c1. The monoisotopic (exact) mass is 379 g/mol. The molecule has 2 heterocycles. The number of para-hydroxylation sites is 1. The van der Waals surface area contributed by atoms with Gasteiger partial charge < -0.3 is 4.98 Å². The summed E-state index contributed by atoms with van der Waals surface area (Å²) >= 11 is 7.03. The summed E-state index contributed by atoms with van der Waals surface area (Å²) in [7, 11) is 0. The fraction of sp³-hybridized carbons (Fsp3) is 0.133. The van der Waals surface area contributed by atoms with Gasteiger partial charge in [-0.3, -0.25) is 0 Å². The fourth-order valence-electron chi connectivity index (χ4n) is 2.28. The van der Waals surface area contributed by atoms with Crippen LogP contribution in [-0.4, -0.2) is 4.98 Å². The van der Waals surface area contributed by atoms with Crippen molar-refractivity contribution in [2.75, 3.05) is 0 Å². The van der Waals surface area contributed by atoms with Crippen molar-refractivity contribution in [3.63, 3.8) is 0 Å². The smallest absolute Gasteiger partial charge is 0.183 e. The second-order valence-electron chi connectivity index (χ2n) is 4.52. The molecule has 19 heavy (non-hydrogen) atoms. The number of hydrogen-bond acceptors (Lipinski definition) is 0. The van der Waals surface area contributed by atoms with E-state index in [1.807, 2.05) is 6.07 Å². The Morgan fingerprint density at radius 1 is 1.05 bits per heavy atom. The van der Waals surface area contributed by atoms with Crippen molar-refractivity contribution >= 4 is 42.8 Å². The fourth-order valence-corrected chi connectivity index (χ4v) is 3.60. The lowest BCUT2D eigenvalue weighted by molar-refractivity contribution is -0.697. The number of aromatic nitrogens is 2. The van der Waals surface area contributed by atoms with Crippen LogP contribution in [0.15, 0.2) is 57.9 Å². The third kappa shape index (κ3) is 2.90. The molecule has 4 heteroatoms. The van der Waals surface area contributed by atoms with Crippen LogP contribution in [0.2, 0.25) is 0 Å². The third-order valence-electron chi connectivity index (χ3n) is 3.17. The maximum absolute atomic E-state index is 3.51. The van der Waals surface area contributed by atoms with Gasteiger partial charge in [0, 0.05) is 23.5 Å². The van der Waals surface area contributed by atoms with Crippen molar-refractivity contribution < 1.29 is 4.57 Å². The standard InChI is InChI=1S/C15H13Br2N2/c16-12-7-13(17)10-19(9-12)6-5-11-8-18-15-4-2-1-3-14(11)15/h1-4,7-10,18H,5-6H2/q+1. The number of H-pyrrole nitrogens is 1. The first kappa shape index (κ1) is 12.9. The molecule has 0 bridgehead atoms. The molecular weight excluding hydrogens is 368 g/mol. The van der Waals surface area contributed by atoms with Gasteiger partial charge in [0.15, 0.2) is 18.9 Å². The molecule has 0 unspecified atom stereocenters. The van der Waals surface area contributed by atoms with Crippen LogP contribution in [0.1, 0.15) is 5.56 Å². The molecule has 0 saturated carbocycles. The first-order chi connectivity index (χ1) is 9.22. The molecule has 2 nitrogen and oxygen atoms in total. The number of rotatable bonds is 3. The summed E-state index contributed by atoms with van der Waals surface area (Å²) in [5, 5.41) is 1.32. The molecule has 0 atom stereocenters. The Bertz CT molecular complexity index is 699. The summed E-state index contributed by atoms with van der Waals surface area (Å²) in [6.07, 6.45) is 7.31. The van der Waals surface area contributed by atoms with E-state index in [0.717, 1.165) is 21.9 Å². The zero-order valence-corrected chi connectivity index (χ0v) is 13.4. The molecule has 0 amide bonds. The number of hydrogen-bond donors (Lipinski definition) is 1. The van der Waals surface area contributed by atoms with Gasteiger partial charge in [0.25, 0.3) is 0 Å². The van der Waals surface area contributed by atoms with Gasteiger partial charge in [-0.05, 0) is 49.6 Å². The second-order valence-corrected chi connectivity index (χ2v) is 6.35. The summed E-state index contributed by atoms with van der Waals surface area (Å²) in [5.41, 5.74) is 2.57. The van der Waals surface area contributed by atoms with Crippen LogP contribution in [0, 0.1) is 0 Å². The van der Waals surface area contributed by atoms with Crippen molar-refractivity contribution in [1.82, 2.24) is 4.98 Å². The van der Waals surface area contributed by atoms with Crippen molar-refractivity contribution in [2.24, 2.45) is 0 Å². The van der Waals surface area contributed by atoms with E-state index in [-0.39, 0.29) is 0 Å². The van der Waals surface area contributed by atoms with E-state index in [0.29, 0.717) is 0 Å². The molecule has 0 aliphatic carbocycles. The topological polar surface area (TPSA) is 19.7 Å². The van der Waals surface area contributed by atoms with Crippen LogP contribution < -0.4 is 4.57 Å². The maximum Gasteiger partial charge on any atom is 0.183 e. The number of aromatic amines is 1. The van der Waals surface area contributed by atoms with E-state index in [2.05, 4.69) is 84.3 Å². The summed E-state index contributed by atoms with van der Waals surface area (Å²) in [4.78, 5) is 3.32. The Hall–Kier alpha value is -1.13. The maximum atomic E-state index is 3.51. The van der Waals surface area contributed by atoms with Crippen LogP contribution in [0.3, 0.4) is 0 Å². The van der Waals surface area contributed by atoms with Crippen LogP contribution in [0.25, 0.3) is 10.9 Å². The van der Waals surface area contributed by atoms with Gasteiger partial charge >= 0.3 is 0 Å². The number of benzene rings is 1. The Morgan fingerprint density at radius 3 is 2.58 bits per heavy atom. The molecule has 0 saturated heterocycles. The molecule has 1 N–H and O–H groups in total. The Morgan fingerprint density at radius 2 is 1.79 bits per heavy atom. The van der Waals surface area contributed by atoms with Crippen molar-refractivity contribution in [3.05, 3.63) is 63.4 Å². The molecule has 2 aromatic heterocycles. The predicted molar refractivity (Wildman–Crippen MR) is 84.0 cm³/mol. The highest BCUT2D eigenvalue weighted by atomic mass is 79.9. The van der Waals surface area contributed by atoms with Crippen molar-refractivity contribution in [1.29, 1.82) is 0 Å². The van der Waals surface area contributed by atoms with E-state index in [4.69, 9.17) is 0 Å². The highest BCUT2D eigenvalue weighted by Crippen LogP contribution is 2.18. The molecule has 96 valence electrons. The quantitative estimate of drug-likeness (QED) is 0.656. The lowest BCUT2D eigenvalue weighted by Gasteiger charge is -1.99. The van der Waals surface area contributed by atoms with E-state index < -0.39 is 0 Å². The van der Waals surface area contributed by atoms with Crippen LogP contribution in [0.4, 0.5) is 0 Å². The number of aryl methyl sites for hydroxylation is 2. The van der Waals surface area contributed by atoms with E-state index >= 15 is 0 Å². The molecule has 0 spiro atoms. The third-order valence-corrected chi connectivity index (χ3v) is 4.04. The minimum absolute atomic E-state index is 0.958. The van der Waals surface area contributed by atoms with Gasteiger partial charge in [0.2, 0.25) is 0 Å². The largest absolute Gasteiger partial charge is 0.361 e. The Labute approximate surface area is 128 Å². The molecule has 0 radical (unpaired) electrons. The number of nitrogens with zero attached hydrogens (tertiary/aromatic N) is 1. The number of fused-ring (bicyclic) bond motifs is 1. The normalized spacial score (nSPS) is 11.1. The van der Waals surface area contributed by atoms with Crippen molar-refractivity contribution in [2.45, 2.75) is 13.0 Å². The molecule has 3 aromatic rings. The molecule has 1 aromatic carbocycles. The zero-order valence-electron chi connectivity index (χ0n) is 10.2. The molecule has 0 aliphatic rings.